The van der Waals surface area contributed by atoms with Crippen molar-refractivity contribution in [2.45, 2.75) is 38.3 Å². The zero-order valence-corrected chi connectivity index (χ0v) is 12.2. The molecule has 3 rings (SSSR count). The lowest BCUT2D eigenvalue weighted by atomic mass is 10.1. The normalized spacial score (nSPS) is 14.5. The van der Waals surface area contributed by atoms with Gasteiger partial charge in [-0.15, -0.1) is 0 Å². The summed E-state index contributed by atoms with van der Waals surface area (Å²) in [4.78, 5) is 14.5. The van der Waals surface area contributed by atoms with Gasteiger partial charge in [0.15, 0.2) is 5.78 Å². The van der Waals surface area contributed by atoms with Crippen LogP contribution in [0.25, 0.3) is 0 Å². The van der Waals surface area contributed by atoms with E-state index in [1.54, 1.807) is 6.26 Å². The number of carbonyl (C=O) groups is 1. The van der Waals surface area contributed by atoms with Crippen molar-refractivity contribution in [3.05, 3.63) is 60.1 Å². The Balaban J connectivity index is 1.47. The Labute approximate surface area is 125 Å². The molecule has 1 aliphatic rings. The molecule has 2 aromatic rings. The maximum Gasteiger partial charge on any atom is 0.162 e. The molecule has 0 aliphatic heterocycles. The molecule has 1 aromatic heterocycles. The van der Waals surface area contributed by atoms with Crippen LogP contribution in [0.1, 0.15) is 41.8 Å². The van der Waals surface area contributed by atoms with Crippen LogP contribution in [0, 0.1) is 0 Å². The molecular weight excluding hydrogens is 262 g/mol. The van der Waals surface area contributed by atoms with E-state index in [0.29, 0.717) is 12.5 Å². The molecule has 3 heteroatoms. The molecule has 0 N–H and O–H groups in total. The van der Waals surface area contributed by atoms with Gasteiger partial charge in [-0.25, -0.2) is 0 Å². The first-order chi connectivity index (χ1) is 10.3. The van der Waals surface area contributed by atoms with E-state index in [9.17, 15) is 4.79 Å². The number of hydrogen-bond acceptors (Lipinski definition) is 3. The second kappa shape index (κ2) is 6.72. The first-order valence-electron chi connectivity index (χ1n) is 7.67. The fourth-order valence-corrected chi connectivity index (χ4v) is 2.64. The van der Waals surface area contributed by atoms with Crippen molar-refractivity contribution in [1.82, 2.24) is 4.90 Å². The zero-order chi connectivity index (χ0) is 14.5. The highest BCUT2D eigenvalue weighted by Crippen LogP contribution is 2.28. The molecule has 0 atom stereocenters. The number of Topliss-reactive ketones (excluding diaryl/α,β-unsaturated/α-hetero) is 1. The summed E-state index contributed by atoms with van der Waals surface area (Å²) < 4.78 is 5.43. The molecule has 0 spiro atoms. The third-order valence-corrected chi connectivity index (χ3v) is 3.95. The Bertz CT molecular complexity index is 558. The number of rotatable bonds is 8. The van der Waals surface area contributed by atoms with Crippen LogP contribution < -0.4 is 0 Å². The first-order valence-corrected chi connectivity index (χ1v) is 7.67. The van der Waals surface area contributed by atoms with Crippen LogP contribution >= 0.6 is 0 Å². The van der Waals surface area contributed by atoms with Gasteiger partial charge >= 0.3 is 0 Å². The summed E-state index contributed by atoms with van der Waals surface area (Å²) in [5, 5.41) is 0. The van der Waals surface area contributed by atoms with Gasteiger partial charge in [-0.3, -0.25) is 9.69 Å². The van der Waals surface area contributed by atoms with E-state index in [1.807, 2.05) is 42.5 Å². The molecule has 0 amide bonds. The molecule has 21 heavy (non-hydrogen) atoms. The van der Waals surface area contributed by atoms with Gasteiger partial charge in [0.2, 0.25) is 0 Å². The fraction of sp³-hybridized carbons (Fsp3) is 0.389. The van der Waals surface area contributed by atoms with E-state index in [0.717, 1.165) is 30.8 Å². The molecule has 1 fully saturated rings. The lowest BCUT2D eigenvalue weighted by Crippen LogP contribution is -2.26. The quantitative estimate of drug-likeness (QED) is 0.689. The van der Waals surface area contributed by atoms with Crippen molar-refractivity contribution in [2.75, 3.05) is 6.54 Å². The standard InChI is InChI=1S/C18H21NO2/c20-18(15-6-2-1-3-7-15)9-4-12-19(16-10-11-16)14-17-8-5-13-21-17/h1-3,5-8,13,16H,4,9-12,14H2. The summed E-state index contributed by atoms with van der Waals surface area (Å²) in [5.74, 6) is 1.25. The van der Waals surface area contributed by atoms with Crippen molar-refractivity contribution in [1.29, 1.82) is 0 Å². The van der Waals surface area contributed by atoms with Crippen LogP contribution in [-0.2, 0) is 6.54 Å². The van der Waals surface area contributed by atoms with Gasteiger partial charge in [-0.2, -0.15) is 0 Å². The van der Waals surface area contributed by atoms with Crippen LogP contribution in [0.5, 0.6) is 0 Å². The van der Waals surface area contributed by atoms with Gasteiger partial charge in [0.1, 0.15) is 5.76 Å². The van der Waals surface area contributed by atoms with E-state index in [4.69, 9.17) is 4.42 Å². The largest absolute Gasteiger partial charge is 0.468 e. The second-order valence-corrected chi connectivity index (χ2v) is 5.67. The highest BCUT2D eigenvalue weighted by molar-refractivity contribution is 5.95. The van der Waals surface area contributed by atoms with Crippen LogP contribution in [0.4, 0.5) is 0 Å². The van der Waals surface area contributed by atoms with Gasteiger partial charge in [-0.05, 0) is 37.9 Å². The van der Waals surface area contributed by atoms with Crippen molar-refractivity contribution in [3.8, 4) is 0 Å². The van der Waals surface area contributed by atoms with Crippen LogP contribution in [0.2, 0.25) is 0 Å². The van der Waals surface area contributed by atoms with Gasteiger partial charge in [-0.1, -0.05) is 30.3 Å². The maximum absolute atomic E-state index is 12.1. The van der Waals surface area contributed by atoms with Crippen molar-refractivity contribution < 1.29 is 9.21 Å². The molecular formula is C18H21NO2. The Hall–Kier alpha value is -1.87. The number of benzene rings is 1. The van der Waals surface area contributed by atoms with Gasteiger partial charge < -0.3 is 4.42 Å². The number of ketones is 1. The molecule has 3 nitrogen and oxygen atoms in total. The van der Waals surface area contributed by atoms with E-state index < -0.39 is 0 Å². The van der Waals surface area contributed by atoms with Crippen molar-refractivity contribution >= 4 is 5.78 Å². The highest BCUT2D eigenvalue weighted by Gasteiger charge is 2.29. The third-order valence-electron chi connectivity index (χ3n) is 3.95. The molecule has 1 heterocycles. The molecule has 0 radical (unpaired) electrons. The molecule has 110 valence electrons. The number of carbonyl (C=O) groups excluding carboxylic acids is 1. The lowest BCUT2D eigenvalue weighted by Gasteiger charge is -2.20. The fourth-order valence-electron chi connectivity index (χ4n) is 2.64. The van der Waals surface area contributed by atoms with E-state index in [1.165, 1.54) is 12.8 Å². The maximum atomic E-state index is 12.1. The van der Waals surface area contributed by atoms with Crippen molar-refractivity contribution in [2.24, 2.45) is 0 Å². The van der Waals surface area contributed by atoms with Crippen LogP contribution in [0.15, 0.2) is 53.1 Å². The van der Waals surface area contributed by atoms with Crippen molar-refractivity contribution in [3.63, 3.8) is 0 Å². The summed E-state index contributed by atoms with van der Waals surface area (Å²) in [6.45, 7) is 1.82. The Morgan fingerprint density at radius 1 is 1.14 bits per heavy atom. The van der Waals surface area contributed by atoms with Gasteiger partial charge in [0.05, 0.1) is 12.8 Å². The molecule has 1 saturated carbocycles. The van der Waals surface area contributed by atoms with Crippen LogP contribution in [-0.4, -0.2) is 23.3 Å². The summed E-state index contributed by atoms with van der Waals surface area (Å²) in [5.41, 5.74) is 0.821. The summed E-state index contributed by atoms with van der Waals surface area (Å²) in [7, 11) is 0. The minimum absolute atomic E-state index is 0.240. The SMILES string of the molecule is O=C(CCCN(Cc1ccco1)C1CC1)c1ccccc1. The molecule has 0 unspecified atom stereocenters. The number of nitrogens with zero attached hydrogens (tertiary/aromatic N) is 1. The molecule has 0 bridgehead atoms. The van der Waals surface area contributed by atoms with E-state index in [2.05, 4.69) is 4.90 Å². The average Bonchev–Trinajstić information content (AvgIpc) is 3.24. The molecule has 1 aliphatic carbocycles. The zero-order valence-electron chi connectivity index (χ0n) is 12.2. The molecule has 1 aromatic carbocycles. The van der Waals surface area contributed by atoms with Crippen LogP contribution in [0.3, 0.4) is 0 Å². The summed E-state index contributed by atoms with van der Waals surface area (Å²) in [6.07, 6.45) is 5.79. The minimum atomic E-state index is 0.240. The minimum Gasteiger partial charge on any atom is -0.468 e. The van der Waals surface area contributed by atoms with Gasteiger partial charge in [0, 0.05) is 18.0 Å². The smallest absolute Gasteiger partial charge is 0.162 e. The predicted octanol–water partition coefficient (Wildman–Crippen LogP) is 3.91. The third kappa shape index (κ3) is 4.05. The van der Waals surface area contributed by atoms with E-state index >= 15 is 0 Å². The molecule has 0 saturated heterocycles. The highest BCUT2D eigenvalue weighted by atomic mass is 16.3. The Morgan fingerprint density at radius 3 is 2.62 bits per heavy atom. The lowest BCUT2D eigenvalue weighted by molar-refractivity contribution is 0.0973. The van der Waals surface area contributed by atoms with E-state index in [-0.39, 0.29) is 5.78 Å². The number of furan rings is 1. The summed E-state index contributed by atoms with van der Waals surface area (Å²) >= 11 is 0. The monoisotopic (exact) mass is 283 g/mol. The topological polar surface area (TPSA) is 33.5 Å². The predicted molar refractivity (Wildman–Crippen MR) is 82.1 cm³/mol. The Kier molecular flexibility index (Phi) is 4.51. The number of hydrogen-bond donors (Lipinski definition) is 0. The first kappa shape index (κ1) is 14.1. The second-order valence-electron chi connectivity index (χ2n) is 5.67. The van der Waals surface area contributed by atoms with Gasteiger partial charge in [0.25, 0.3) is 0 Å². The Morgan fingerprint density at radius 2 is 1.95 bits per heavy atom. The average molecular weight is 283 g/mol. The summed E-state index contributed by atoms with van der Waals surface area (Å²) in [6, 6.07) is 14.2.